The van der Waals surface area contributed by atoms with Crippen LogP contribution >= 0.6 is 11.8 Å². The second-order valence-corrected chi connectivity index (χ2v) is 6.08. The van der Waals surface area contributed by atoms with Crippen LogP contribution in [0.25, 0.3) is 0 Å². The first kappa shape index (κ1) is 13.0. The molecule has 2 heteroatoms. The molecule has 0 saturated heterocycles. The third-order valence-corrected chi connectivity index (χ3v) is 5.10. The summed E-state index contributed by atoms with van der Waals surface area (Å²) in [5.74, 6) is 0. The molecule has 1 fully saturated rings. The van der Waals surface area contributed by atoms with E-state index < -0.39 is 0 Å². The van der Waals surface area contributed by atoms with Crippen LogP contribution in [-0.2, 0) is 5.41 Å². The fourth-order valence-corrected chi connectivity index (χ4v) is 3.62. The second-order valence-electron chi connectivity index (χ2n) is 5.23. The summed E-state index contributed by atoms with van der Waals surface area (Å²) in [6.45, 7) is 2.98. The Morgan fingerprint density at radius 2 is 1.94 bits per heavy atom. The zero-order valence-electron chi connectivity index (χ0n) is 11.0. The first-order valence-corrected chi connectivity index (χ1v) is 7.79. The third kappa shape index (κ3) is 2.53. The van der Waals surface area contributed by atoms with Gasteiger partial charge in [-0.15, -0.1) is 11.8 Å². The number of aryl methyl sites for hydroxylation is 1. The Kier molecular flexibility index (Phi) is 4.16. The van der Waals surface area contributed by atoms with Gasteiger partial charge in [0.15, 0.2) is 0 Å². The van der Waals surface area contributed by atoms with E-state index in [0.29, 0.717) is 0 Å². The number of benzene rings is 1. The predicted molar refractivity (Wildman–Crippen MR) is 76.8 cm³/mol. The first-order chi connectivity index (χ1) is 8.22. The van der Waals surface area contributed by atoms with Crippen molar-refractivity contribution < 1.29 is 0 Å². The lowest BCUT2D eigenvalue weighted by Gasteiger charge is -2.37. The maximum Gasteiger partial charge on any atom is 0.0101 e. The second kappa shape index (κ2) is 5.45. The topological polar surface area (TPSA) is 26.0 Å². The Balaban J connectivity index is 2.36. The van der Waals surface area contributed by atoms with E-state index in [4.69, 9.17) is 5.73 Å². The average molecular weight is 249 g/mol. The summed E-state index contributed by atoms with van der Waals surface area (Å²) < 4.78 is 0. The van der Waals surface area contributed by atoms with Gasteiger partial charge in [-0.1, -0.05) is 31.4 Å². The van der Waals surface area contributed by atoms with E-state index in [1.54, 1.807) is 0 Å². The molecule has 0 amide bonds. The van der Waals surface area contributed by atoms with Crippen molar-refractivity contribution in [2.45, 2.75) is 49.3 Å². The van der Waals surface area contributed by atoms with Gasteiger partial charge in [-0.2, -0.15) is 0 Å². The summed E-state index contributed by atoms with van der Waals surface area (Å²) in [4.78, 5) is 1.40. The molecule has 0 unspecified atom stereocenters. The average Bonchev–Trinajstić information content (AvgIpc) is 2.40. The SMILES string of the molecule is CSc1cc(C2(CN)CCCCC2)ccc1C. The Labute approximate surface area is 109 Å². The number of rotatable bonds is 3. The van der Waals surface area contributed by atoms with Gasteiger partial charge >= 0.3 is 0 Å². The number of thioether (sulfide) groups is 1. The van der Waals surface area contributed by atoms with Gasteiger partial charge in [0.2, 0.25) is 0 Å². The summed E-state index contributed by atoms with van der Waals surface area (Å²) >= 11 is 1.84. The van der Waals surface area contributed by atoms with E-state index in [1.807, 2.05) is 11.8 Å². The van der Waals surface area contributed by atoms with Crippen molar-refractivity contribution in [2.75, 3.05) is 12.8 Å². The molecule has 1 aliphatic rings. The van der Waals surface area contributed by atoms with E-state index in [-0.39, 0.29) is 5.41 Å². The van der Waals surface area contributed by atoms with Gasteiger partial charge in [0.05, 0.1) is 0 Å². The normalized spacial score (nSPS) is 19.2. The lowest BCUT2D eigenvalue weighted by Crippen LogP contribution is -2.37. The molecule has 0 heterocycles. The van der Waals surface area contributed by atoms with Gasteiger partial charge in [0, 0.05) is 16.9 Å². The number of nitrogens with two attached hydrogens (primary N) is 1. The molecule has 0 bridgehead atoms. The van der Waals surface area contributed by atoms with Crippen LogP contribution in [0, 0.1) is 6.92 Å². The monoisotopic (exact) mass is 249 g/mol. The molecule has 2 N–H and O–H groups in total. The lowest BCUT2D eigenvalue weighted by molar-refractivity contribution is 0.300. The van der Waals surface area contributed by atoms with Crippen molar-refractivity contribution in [1.82, 2.24) is 0 Å². The van der Waals surface area contributed by atoms with Gasteiger partial charge in [0.25, 0.3) is 0 Å². The van der Waals surface area contributed by atoms with Crippen LogP contribution in [0.2, 0.25) is 0 Å². The molecule has 1 nitrogen and oxygen atoms in total. The van der Waals surface area contributed by atoms with E-state index in [0.717, 1.165) is 6.54 Å². The van der Waals surface area contributed by atoms with Gasteiger partial charge in [0.1, 0.15) is 0 Å². The molecule has 0 aromatic heterocycles. The minimum Gasteiger partial charge on any atom is -0.330 e. The molecule has 1 saturated carbocycles. The summed E-state index contributed by atoms with van der Waals surface area (Å²) in [7, 11) is 0. The molecule has 0 spiro atoms. The maximum absolute atomic E-state index is 6.09. The summed E-state index contributed by atoms with van der Waals surface area (Å²) in [5, 5.41) is 0. The Bertz CT molecular complexity index is 381. The van der Waals surface area contributed by atoms with Crippen molar-refractivity contribution in [3.05, 3.63) is 29.3 Å². The fraction of sp³-hybridized carbons (Fsp3) is 0.600. The first-order valence-electron chi connectivity index (χ1n) is 6.57. The van der Waals surface area contributed by atoms with Crippen LogP contribution in [0.15, 0.2) is 23.1 Å². The molecule has 0 aliphatic heterocycles. The third-order valence-electron chi connectivity index (χ3n) is 4.22. The standard InChI is InChI=1S/C15H23NS/c1-12-6-7-13(10-14(12)17-2)15(11-16)8-4-3-5-9-15/h6-7,10H,3-5,8-9,11,16H2,1-2H3. The number of hydrogen-bond acceptors (Lipinski definition) is 2. The quantitative estimate of drug-likeness (QED) is 0.823. The molecular weight excluding hydrogens is 226 g/mol. The van der Waals surface area contributed by atoms with Crippen LogP contribution in [-0.4, -0.2) is 12.8 Å². The Hall–Kier alpha value is -0.470. The van der Waals surface area contributed by atoms with Crippen LogP contribution in [0.1, 0.15) is 43.2 Å². The molecule has 0 radical (unpaired) electrons. The largest absolute Gasteiger partial charge is 0.330 e. The van der Waals surface area contributed by atoms with Crippen LogP contribution in [0.4, 0.5) is 0 Å². The highest BCUT2D eigenvalue weighted by Gasteiger charge is 2.32. The van der Waals surface area contributed by atoms with E-state index in [1.165, 1.54) is 48.1 Å². The van der Waals surface area contributed by atoms with Gasteiger partial charge in [-0.25, -0.2) is 0 Å². The zero-order chi connectivity index (χ0) is 12.3. The Morgan fingerprint density at radius 1 is 1.24 bits per heavy atom. The molecule has 2 rings (SSSR count). The van der Waals surface area contributed by atoms with Gasteiger partial charge in [-0.05, 0) is 43.2 Å². The van der Waals surface area contributed by atoms with Crippen molar-refractivity contribution in [3.63, 3.8) is 0 Å². The van der Waals surface area contributed by atoms with Crippen LogP contribution in [0.3, 0.4) is 0 Å². The highest BCUT2D eigenvalue weighted by molar-refractivity contribution is 7.98. The molecule has 0 atom stereocenters. The smallest absolute Gasteiger partial charge is 0.0101 e. The van der Waals surface area contributed by atoms with Gasteiger partial charge in [-0.3, -0.25) is 0 Å². The lowest BCUT2D eigenvalue weighted by atomic mass is 9.69. The highest BCUT2D eigenvalue weighted by atomic mass is 32.2. The van der Waals surface area contributed by atoms with Crippen molar-refractivity contribution in [1.29, 1.82) is 0 Å². The minimum atomic E-state index is 0.260. The highest BCUT2D eigenvalue weighted by Crippen LogP contribution is 2.40. The number of hydrogen-bond donors (Lipinski definition) is 1. The van der Waals surface area contributed by atoms with Crippen LogP contribution in [0.5, 0.6) is 0 Å². The summed E-state index contributed by atoms with van der Waals surface area (Å²) in [6.07, 6.45) is 8.73. The molecule has 1 aromatic carbocycles. The summed E-state index contributed by atoms with van der Waals surface area (Å²) in [5.41, 5.74) is 9.20. The zero-order valence-corrected chi connectivity index (χ0v) is 11.8. The minimum absolute atomic E-state index is 0.260. The molecule has 1 aliphatic carbocycles. The van der Waals surface area contributed by atoms with Crippen molar-refractivity contribution in [2.24, 2.45) is 5.73 Å². The predicted octanol–water partition coefficient (Wildman–Crippen LogP) is 3.88. The van der Waals surface area contributed by atoms with Crippen molar-refractivity contribution in [3.8, 4) is 0 Å². The molecule has 94 valence electrons. The Morgan fingerprint density at radius 3 is 2.53 bits per heavy atom. The fourth-order valence-electron chi connectivity index (χ4n) is 2.99. The van der Waals surface area contributed by atoms with E-state index >= 15 is 0 Å². The van der Waals surface area contributed by atoms with Crippen molar-refractivity contribution >= 4 is 11.8 Å². The molecular formula is C15H23NS. The maximum atomic E-state index is 6.09. The van der Waals surface area contributed by atoms with Gasteiger partial charge < -0.3 is 5.73 Å². The molecule has 1 aromatic rings. The van der Waals surface area contributed by atoms with E-state index in [9.17, 15) is 0 Å². The summed E-state index contributed by atoms with van der Waals surface area (Å²) in [6, 6.07) is 6.93. The van der Waals surface area contributed by atoms with Crippen LogP contribution < -0.4 is 5.73 Å². The molecule has 17 heavy (non-hydrogen) atoms. The van der Waals surface area contributed by atoms with E-state index in [2.05, 4.69) is 31.4 Å².